The SMILES string of the molecule is O=C(Nc1ccc(Cl)cc1)C1CCc2cc3c(cc2O1)OCO3. The van der Waals surface area contributed by atoms with Gasteiger partial charge in [0.05, 0.1) is 0 Å². The molecule has 2 aromatic carbocycles. The van der Waals surface area contributed by atoms with Gasteiger partial charge >= 0.3 is 0 Å². The van der Waals surface area contributed by atoms with Crippen molar-refractivity contribution in [2.45, 2.75) is 18.9 Å². The molecule has 5 nitrogen and oxygen atoms in total. The van der Waals surface area contributed by atoms with E-state index in [2.05, 4.69) is 5.32 Å². The van der Waals surface area contributed by atoms with Gasteiger partial charge in [0, 0.05) is 16.8 Å². The topological polar surface area (TPSA) is 56.8 Å². The number of fused-ring (bicyclic) bond motifs is 2. The van der Waals surface area contributed by atoms with Gasteiger partial charge in [-0.3, -0.25) is 4.79 Å². The molecule has 0 saturated heterocycles. The molecule has 1 unspecified atom stereocenters. The van der Waals surface area contributed by atoms with Crippen LogP contribution in [0.25, 0.3) is 0 Å². The molecule has 2 aliphatic rings. The van der Waals surface area contributed by atoms with Gasteiger partial charge in [-0.25, -0.2) is 0 Å². The fourth-order valence-electron chi connectivity index (χ4n) is 2.71. The predicted molar refractivity (Wildman–Crippen MR) is 85.4 cm³/mol. The van der Waals surface area contributed by atoms with Crippen molar-refractivity contribution in [2.24, 2.45) is 0 Å². The third-order valence-corrected chi connectivity index (χ3v) is 4.16. The molecule has 2 heterocycles. The minimum absolute atomic E-state index is 0.171. The number of ether oxygens (including phenoxy) is 3. The number of carbonyl (C=O) groups is 1. The van der Waals surface area contributed by atoms with Crippen LogP contribution in [0.1, 0.15) is 12.0 Å². The fraction of sp³-hybridized carbons (Fsp3) is 0.235. The second-order valence-electron chi connectivity index (χ2n) is 5.45. The maximum absolute atomic E-state index is 12.4. The van der Waals surface area contributed by atoms with Crippen LogP contribution in [-0.4, -0.2) is 18.8 Å². The van der Waals surface area contributed by atoms with E-state index >= 15 is 0 Å². The summed E-state index contributed by atoms with van der Waals surface area (Å²) in [5.41, 5.74) is 1.73. The highest BCUT2D eigenvalue weighted by molar-refractivity contribution is 6.30. The van der Waals surface area contributed by atoms with E-state index in [0.717, 1.165) is 17.7 Å². The third-order valence-electron chi connectivity index (χ3n) is 3.90. The number of nitrogens with one attached hydrogen (secondary N) is 1. The van der Waals surface area contributed by atoms with E-state index in [1.165, 1.54) is 0 Å². The standard InChI is InChI=1S/C17H14ClNO4/c18-11-2-4-12(5-3-11)19-17(20)13-6-1-10-7-15-16(22-9-21-15)8-14(10)23-13/h2-5,7-8,13H,1,6,9H2,(H,19,20). The molecule has 2 aromatic rings. The van der Waals surface area contributed by atoms with Crippen LogP contribution in [0.4, 0.5) is 5.69 Å². The molecular weight excluding hydrogens is 318 g/mol. The van der Waals surface area contributed by atoms with Crippen LogP contribution in [0.2, 0.25) is 5.02 Å². The molecule has 0 bridgehead atoms. The summed E-state index contributed by atoms with van der Waals surface area (Å²) in [5.74, 6) is 1.89. The van der Waals surface area contributed by atoms with Crippen molar-refractivity contribution in [1.29, 1.82) is 0 Å². The predicted octanol–water partition coefficient (Wildman–Crippen LogP) is 3.40. The van der Waals surface area contributed by atoms with Crippen molar-refractivity contribution in [3.8, 4) is 17.2 Å². The van der Waals surface area contributed by atoms with Gasteiger partial charge in [-0.2, -0.15) is 0 Å². The Morgan fingerprint density at radius 2 is 1.83 bits per heavy atom. The van der Waals surface area contributed by atoms with E-state index in [1.807, 2.05) is 6.07 Å². The van der Waals surface area contributed by atoms with E-state index in [9.17, 15) is 4.79 Å². The molecule has 118 valence electrons. The monoisotopic (exact) mass is 331 g/mol. The summed E-state index contributed by atoms with van der Waals surface area (Å²) in [7, 11) is 0. The molecule has 2 aliphatic heterocycles. The van der Waals surface area contributed by atoms with Crippen LogP contribution in [0, 0.1) is 0 Å². The highest BCUT2D eigenvalue weighted by Gasteiger charge is 2.28. The number of hydrogen-bond donors (Lipinski definition) is 1. The zero-order valence-corrected chi connectivity index (χ0v) is 12.9. The fourth-order valence-corrected chi connectivity index (χ4v) is 2.84. The van der Waals surface area contributed by atoms with Crippen molar-refractivity contribution in [3.05, 3.63) is 47.0 Å². The molecule has 0 radical (unpaired) electrons. The Hall–Kier alpha value is -2.40. The lowest BCUT2D eigenvalue weighted by Gasteiger charge is -2.25. The average molecular weight is 332 g/mol. The lowest BCUT2D eigenvalue weighted by atomic mass is 10.0. The van der Waals surface area contributed by atoms with Gasteiger partial charge in [0.15, 0.2) is 17.6 Å². The summed E-state index contributed by atoms with van der Waals surface area (Å²) < 4.78 is 16.6. The molecule has 6 heteroatoms. The quantitative estimate of drug-likeness (QED) is 0.916. The first kappa shape index (κ1) is 14.2. The number of amides is 1. The first-order valence-electron chi connectivity index (χ1n) is 7.35. The van der Waals surface area contributed by atoms with E-state index in [1.54, 1.807) is 30.3 Å². The molecule has 0 aromatic heterocycles. The summed E-state index contributed by atoms with van der Waals surface area (Å²) in [6, 6.07) is 10.7. The second-order valence-corrected chi connectivity index (χ2v) is 5.89. The van der Waals surface area contributed by atoms with Crippen LogP contribution in [0.5, 0.6) is 17.2 Å². The molecule has 0 fully saturated rings. The van der Waals surface area contributed by atoms with Crippen molar-refractivity contribution < 1.29 is 19.0 Å². The van der Waals surface area contributed by atoms with Crippen molar-refractivity contribution in [1.82, 2.24) is 0 Å². The number of halogens is 1. The molecule has 1 atom stereocenters. The van der Waals surface area contributed by atoms with Gasteiger partial charge < -0.3 is 19.5 Å². The second kappa shape index (κ2) is 5.66. The maximum atomic E-state index is 12.4. The summed E-state index contributed by atoms with van der Waals surface area (Å²) in [5, 5.41) is 3.47. The molecule has 1 amide bonds. The number of carbonyl (C=O) groups excluding carboxylic acids is 1. The molecule has 0 saturated carbocycles. The lowest BCUT2D eigenvalue weighted by molar-refractivity contribution is -0.123. The first-order chi connectivity index (χ1) is 11.2. The lowest BCUT2D eigenvalue weighted by Crippen LogP contribution is -2.35. The number of hydrogen-bond acceptors (Lipinski definition) is 4. The number of anilines is 1. The molecule has 0 spiro atoms. The molecule has 4 rings (SSSR count). The van der Waals surface area contributed by atoms with Gasteiger partial charge in [-0.05, 0) is 48.7 Å². The summed E-state index contributed by atoms with van der Waals surface area (Å²) in [6.45, 7) is 0.221. The Bertz CT molecular complexity index is 760. The zero-order valence-electron chi connectivity index (χ0n) is 12.2. The van der Waals surface area contributed by atoms with Crippen LogP contribution < -0.4 is 19.5 Å². The van der Waals surface area contributed by atoms with Crippen molar-refractivity contribution in [3.63, 3.8) is 0 Å². The van der Waals surface area contributed by atoms with Gasteiger partial charge in [0.25, 0.3) is 5.91 Å². The Morgan fingerprint density at radius 1 is 1.09 bits per heavy atom. The van der Waals surface area contributed by atoms with Gasteiger partial charge in [-0.1, -0.05) is 11.6 Å². The third kappa shape index (κ3) is 2.80. The summed E-state index contributed by atoms with van der Waals surface area (Å²) in [4.78, 5) is 12.4. The largest absolute Gasteiger partial charge is 0.480 e. The number of benzene rings is 2. The highest BCUT2D eigenvalue weighted by atomic mass is 35.5. The minimum atomic E-state index is -0.529. The molecule has 0 aliphatic carbocycles. The van der Waals surface area contributed by atoms with E-state index in [4.69, 9.17) is 25.8 Å². The van der Waals surface area contributed by atoms with Gasteiger partial charge in [-0.15, -0.1) is 0 Å². The van der Waals surface area contributed by atoms with Crippen LogP contribution >= 0.6 is 11.6 Å². The smallest absolute Gasteiger partial charge is 0.265 e. The maximum Gasteiger partial charge on any atom is 0.265 e. The molecule has 1 N–H and O–H groups in total. The highest BCUT2D eigenvalue weighted by Crippen LogP contribution is 2.40. The van der Waals surface area contributed by atoms with Crippen LogP contribution in [0.15, 0.2) is 36.4 Å². The van der Waals surface area contributed by atoms with Gasteiger partial charge in [0.2, 0.25) is 6.79 Å². The van der Waals surface area contributed by atoms with E-state index in [0.29, 0.717) is 28.6 Å². The summed E-state index contributed by atoms with van der Waals surface area (Å²) in [6.07, 6.45) is 0.843. The number of rotatable bonds is 2. The van der Waals surface area contributed by atoms with Crippen LogP contribution in [-0.2, 0) is 11.2 Å². The average Bonchev–Trinajstić information content (AvgIpc) is 3.01. The van der Waals surface area contributed by atoms with E-state index in [-0.39, 0.29) is 12.7 Å². The normalized spacial score (nSPS) is 18.0. The van der Waals surface area contributed by atoms with Crippen molar-refractivity contribution >= 4 is 23.2 Å². The first-order valence-corrected chi connectivity index (χ1v) is 7.72. The zero-order chi connectivity index (χ0) is 15.8. The Kier molecular flexibility index (Phi) is 3.50. The van der Waals surface area contributed by atoms with E-state index < -0.39 is 6.10 Å². The summed E-state index contributed by atoms with van der Waals surface area (Å²) >= 11 is 5.84. The Labute approximate surface area is 138 Å². The molecular formula is C17H14ClNO4. The Morgan fingerprint density at radius 3 is 2.61 bits per heavy atom. The minimum Gasteiger partial charge on any atom is -0.480 e. The Balaban J connectivity index is 1.49. The molecule has 23 heavy (non-hydrogen) atoms. The van der Waals surface area contributed by atoms with Gasteiger partial charge in [0.1, 0.15) is 5.75 Å². The van der Waals surface area contributed by atoms with Crippen molar-refractivity contribution in [2.75, 3.05) is 12.1 Å². The van der Waals surface area contributed by atoms with Crippen LogP contribution in [0.3, 0.4) is 0 Å². The number of aryl methyl sites for hydroxylation is 1.